The van der Waals surface area contributed by atoms with Crippen LogP contribution in [-0.2, 0) is 14.4 Å². The van der Waals surface area contributed by atoms with Crippen LogP contribution < -0.4 is 10.6 Å². The zero-order valence-electron chi connectivity index (χ0n) is 16.4. The van der Waals surface area contributed by atoms with Crippen molar-refractivity contribution in [1.82, 2.24) is 10.3 Å². The van der Waals surface area contributed by atoms with Gasteiger partial charge in [0.05, 0.1) is 16.2 Å². The summed E-state index contributed by atoms with van der Waals surface area (Å²) >= 11 is 2.28. The van der Waals surface area contributed by atoms with Gasteiger partial charge in [0.2, 0.25) is 5.91 Å². The van der Waals surface area contributed by atoms with Crippen LogP contribution in [0.15, 0.2) is 52.5 Å². The fourth-order valence-electron chi connectivity index (χ4n) is 2.84. The van der Waals surface area contributed by atoms with Gasteiger partial charge in [-0.1, -0.05) is 35.6 Å². The number of hydrogen-bond donors (Lipinski definition) is 4. The SMILES string of the molecule is O=C(O)CCC(=O)Nc1ncc(C=C2SC(=Nc3cc4ccccc4cc3O)NC2=O)s1. The molecule has 9 nitrogen and oxygen atoms in total. The summed E-state index contributed by atoms with van der Waals surface area (Å²) in [4.78, 5) is 44.0. The third-order valence-electron chi connectivity index (χ3n) is 4.32. The molecule has 1 aromatic heterocycles. The minimum Gasteiger partial charge on any atom is -0.506 e. The number of anilines is 1. The standard InChI is InChI=1S/C21H16N4O5S2/c26-15-8-12-4-2-1-3-11(12)7-14(15)23-21-25-19(30)16(32-21)9-13-10-22-20(31-13)24-17(27)5-6-18(28)29/h1-4,7-10,26H,5-6H2,(H,28,29)(H,22,24,27)(H,23,25,30). The summed E-state index contributed by atoms with van der Waals surface area (Å²) in [6.45, 7) is 0. The molecule has 1 aliphatic heterocycles. The molecule has 0 aliphatic carbocycles. The van der Waals surface area contributed by atoms with Gasteiger partial charge in [-0.2, -0.15) is 0 Å². The minimum absolute atomic E-state index is 0.00853. The molecular weight excluding hydrogens is 452 g/mol. The van der Waals surface area contributed by atoms with Gasteiger partial charge in [0.15, 0.2) is 10.3 Å². The van der Waals surface area contributed by atoms with E-state index in [4.69, 9.17) is 5.11 Å². The van der Waals surface area contributed by atoms with E-state index in [9.17, 15) is 19.5 Å². The molecular formula is C21H16N4O5S2. The van der Waals surface area contributed by atoms with Gasteiger partial charge in [0.25, 0.3) is 5.91 Å². The summed E-state index contributed by atoms with van der Waals surface area (Å²) in [5, 5.41) is 26.5. The minimum atomic E-state index is -1.05. The number of phenols is 1. The first-order chi connectivity index (χ1) is 15.4. The molecule has 1 saturated heterocycles. The Morgan fingerprint density at radius 2 is 1.94 bits per heavy atom. The molecule has 0 radical (unpaired) electrons. The van der Waals surface area contributed by atoms with Crippen LogP contribution in [0.3, 0.4) is 0 Å². The maximum atomic E-state index is 12.3. The Balaban J connectivity index is 1.47. The maximum absolute atomic E-state index is 12.3. The predicted molar refractivity (Wildman–Crippen MR) is 124 cm³/mol. The number of fused-ring (bicyclic) bond motifs is 1. The number of thioether (sulfide) groups is 1. The van der Waals surface area contributed by atoms with E-state index in [2.05, 4.69) is 20.6 Å². The summed E-state index contributed by atoms with van der Waals surface area (Å²) in [6.07, 6.45) is 2.71. The number of aromatic nitrogens is 1. The van der Waals surface area contributed by atoms with E-state index in [0.29, 0.717) is 25.8 Å². The van der Waals surface area contributed by atoms with E-state index in [1.165, 1.54) is 6.20 Å². The van der Waals surface area contributed by atoms with Gasteiger partial charge in [0.1, 0.15) is 11.4 Å². The first-order valence-electron chi connectivity index (χ1n) is 9.36. The lowest BCUT2D eigenvalue weighted by atomic mass is 10.1. The van der Waals surface area contributed by atoms with Gasteiger partial charge in [-0.15, -0.1) is 0 Å². The van der Waals surface area contributed by atoms with Gasteiger partial charge < -0.3 is 20.8 Å². The number of aliphatic carboxylic acids is 1. The maximum Gasteiger partial charge on any atom is 0.303 e. The average molecular weight is 469 g/mol. The van der Waals surface area contributed by atoms with Gasteiger partial charge in [-0.25, -0.2) is 9.98 Å². The van der Waals surface area contributed by atoms with Crippen molar-refractivity contribution in [3.05, 3.63) is 52.4 Å². The van der Waals surface area contributed by atoms with Gasteiger partial charge in [-0.05, 0) is 40.7 Å². The lowest BCUT2D eigenvalue weighted by Crippen LogP contribution is -2.19. The molecule has 0 atom stereocenters. The first-order valence-corrected chi connectivity index (χ1v) is 11.0. The lowest BCUT2D eigenvalue weighted by molar-refractivity contribution is -0.138. The second kappa shape index (κ2) is 9.20. The number of thiazole rings is 1. The molecule has 0 saturated carbocycles. The molecule has 0 spiro atoms. The Morgan fingerprint density at radius 3 is 2.69 bits per heavy atom. The number of amidine groups is 1. The number of amides is 2. The van der Waals surface area contributed by atoms with Crippen LogP contribution in [0.1, 0.15) is 17.7 Å². The molecule has 2 aromatic carbocycles. The fourth-order valence-corrected chi connectivity index (χ4v) is 4.51. The van der Waals surface area contributed by atoms with E-state index < -0.39 is 11.9 Å². The molecule has 1 aliphatic rings. The Hall–Kier alpha value is -3.70. The van der Waals surface area contributed by atoms with Crippen molar-refractivity contribution in [3.8, 4) is 5.75 Å². The van der Waals surface area contributed by atoms with E-state index in [1.807, 2.05) is 24.3 Å². The number of aliphatic imine (C=N–C) groups is 1. The van der Waals surface area contributed by atoms with Crippen LogP contribution in [0.25, 0.3) is 16.8 Å². The fraction of sp³-hybridized carbons (Fsp3) is 0.0952. The van der Waals surface area contributed by atoms with Crippen molar-refractivity contribution in [2.45, 2.75) is 12.8 Å². The van der Waals surface area contributed by atoms with Crippen molar-refractivity contribution >= 4 is 73.7 Å². The number of hydrogen-bond acceptors (Lipinski definition) is 8. The summed E-state index contributed by atoms with van der Waals surface area (Å²) in [5.74, 6) is -1.83. The Bertz CT molecular complexity index is 1300. The number of rotatable bonds is 6. The summed E-state index contributed by atoms with van der Waals surface area (Å²) in [7, 11) is 0. The summed E-state index contributed by atoms with van der Waals surface area (Å²) < 4.78 is 0. The lowest BCUT2D eigenvalue weighted by Gasteiger charge is -2.03. The van der Waals surface area contributed by atoms with Crippen LogP contribution in [-0.4, -0.2) is 38.1 Å². The highest BCUT2D eigenvalue weighted by Crippen LogP contribution is 2.35. The second-order valence-electron chi connectivity index (χ2n) is 6.68. The smallest absolute Gasteiger partial charge is 0.303 e. The van der Waals surface area contributed by atoms with Crippen LogP contribution >= 0.6 is 23.1 Å². The quantitative estimate of drug-likeness (QED) is 0.404. The molecule has 4 rings (SSSR count). The molecule has 2 amide bonds. The number of nitrogens with one attached hydrogen (secondary N) is 2. The van der Waals surface area contributed by atoms with Crippen molar-refractivity contribution in [2.75, 3.05) is 5.32 Å². The number of nitrogens with zero attached hydrogens (tertiary/aromatic N) is 2. The molecule has 162 valence electrons. The molecule has 3 aromatic rings. The largest absolute Gasteiger partial charge is 0.506 e. The van der Waals surface area contributed by atoms with Crippen LogP contribution in [0.2, 0.25) is 0 Å². The van der Waals surface area contributed by atoms with Gasteiger partial charge in [-0.3, -0.25) is 14.4 Å². The molecule has 4 N–H and O–H groups in total. The molecule has 1 fully saturated rings. The number of aromatic hydroxyl groups is 1. The Kier molecular flexibility index (Phi) is 6.19. The number of carboxylic acids is 1. The molecule has 2 heterocycles. The van der Waals surface area contributed by atoms with Crippen molar-refractivity contribution < 1.29 is 24.6 Å². The molecule has 11 heteroatoms. The highest BCUT2D eigenvalue weighted by molar-refractivity contribution is 8.18. The van der Waals surface area contributed by atoms with Crippen molar-refractivity contribution in [2.24, 2.45) is 4.99 Å². The molecule has 0 bridgehead atoms. The van der Waals surface area contributed by atoms with Crippen molar-refractivity contribution in [3.63, 3.8) is 0 Å². The van der Waals surface area contributed by atoms with E-state index in [-0.39, 0.29) is 24.5 Å². The number of carbonyl (C=O) groups excluding carboxylic acids is 2. The van der Waals surface area contributed by atoms with Gasteiger partial charge in [0, 0.05) is 12.6 Å². The Labute approximate surface area is 189 Å². The van der Waals surface area contributed by atoms with Crippen LogP contribution in [0.5, 0.6) is 5.75 Å². The summed E-state index contributed by atoms with van der Waals surface area (Å²) in [5.41, 5.74) is 0.344. The number of carboxylic acid groups (broad SMARTS) is 1. The second-order valence-corrected chi connectivity index (χ2v) is 8.77. The monoisotopic (exact) mass is 468 g/mol. The normalized spacial score (nSPS) is 15.9. The average Bonchev–Trinajstić information content (AvgIpc) is 3.33. The van der Waals surface area contributed by atoms with Gasteiger partial charge >= 0.3 is 5.97 Å². The topological polar surface area (TPSA) is 141 Å². The highest BCUT2D eigenvalue weighted by Gasteiger charge is 2.24. The van der Waals surface area contributed by atoms with Crippen LogP contribution in [0.4, 0.5) is 10.8 Å². The Morgan fingerprint density at radius 1 is 1.19 bits per heavy atom. The third kappa shape index (κ3) is 5.13. The molecule has 32 heavy (non-hydrogen) atoms. The number of benzene rings is 2. The summed E-state index contributed by atoms with van der Waals surface area (Å²) in [6, 6.07) is 10.9. The molecule has 0 unspecified atom stereocenters. The first kappa shape index (κ1) is 21.5. The van der Waals surface area contributed by atoms with E-state index >= 15 is 0 Å². The highest BCUT2D eigenvalue weighted by atomic mass is 32.2. The van der Waals surface area contributed by atoms with Crippen LogP contribution in [0, 0.1) is 0 Å². The zero-order chi connectivity index (χ0) is 22.7. The zero-order valence-corrected chi connectivity index (χ0v) is 18.0. The number of phenolic OH excluding ortho intramolecular Hbond substituents is 1. The van der Waals surface area contributed by atoms with Crippen molar-refractivity contribution in [1.29, 1.82) is 0 Å². The van der Waals surface area contributed by atoms with E-state index in [1.54, 1.807) is 18.2 Å². The number of carbonyl (C=O) groups is 3. The van der Waals surface area contributed by atoms with E-state index in [0.717, 1.165) is 33.9 Å². The predicted octanol–water partition coefficient (Wildman–Crippen LogP) is 3.70. The third-order valence-corrected chi connectivity index (χ3v) is 6.09.